The molecule has 1 amide bonds. The van der Waals surface area contributed by atoms with E-state index in [0.29, 0.717) is 25.9 Å². The number of methoxy groups -OCH3 is 2. The highest BCUT2D eigenvalue weighted by Gasteiger charge is 2.35. The van der Waals surface area contributed by atoms with Gasteiger partial charge in [-0.25, -0.2) is 9.78 Å². The van der Waals surface area contributed by atoms with Gasteiger partial charge >= 0.3 is 11.9 Å². The van der Waals surface area contributed by atoms with E-state index >= 15 is 0 Å². The van der Waals surface area contributed by atoms with Gasteiger partial charge in [0, 0.05) is 26.3 Å². The van der Waals surface area contributed by atoms with E-state index in [-0.39, 0.29) is 23.3 Å². The largest absolute Gasteiger partial charge is 0.493 e. The standard InChI is InChI=1S/C23H32N2O8/c1-13(2)12-31-18-9-7-8-16(23(28)32-14(3)20(18)30-6)25-22(27)19-21(33-15(4)26)17(29-5)10-11-24-19/h10-11,14,16,18,20H,1,7-9,12H2,2-6H3,(H,25,27). The van der Waals surface area contributed by atoms with Gasteiger partial charge in [0.15, 0.2) is 11.4 Å². The molecule has 0 aromatic carbocycles. The van der Waals surface area contributed by atoms with Gasteiger partial charge in [-0.1, -0.05) is 12.2 Å². The summed E-state index contributed by atoms with van der Waals surface area (Å²) in [7, 11) is 2.91. The number of nitrogens with zero attached hydrogens (tertiary/aromatic N) is 1. The Hall–Kier alpha value is -2.98. The predicted molar refractivity (Wildman–Crippen MR) is 118 cm³/mol. The number of carbonyl (C=O) groups is 3. The Kier molecular flexibility index (Phi) is 9.80. The molecule has 0 saturated carbocycles. The molecule has 0 spiro atoms. The van der Waals surface area contributed by atoms with Crippen molar-refractivity contribution in [2.75, 3.05) is 20.8 Å². The number of nitrogens with one attached hydrogen (secondary N) is 1. The summed E-state index contributed by atoms with van der Waals surface area (Å²) in [6.07, 6.45) is 1.43. The van der Waals surface area contributed by atoms with E-state index in [4.69, 9.17) is 23.7 Å². The average Bonchev–Trinajstić information content (AvgIpc) is 2.80. The number of hydrogen-bond donors (Lipinski definition) is 1. The van der Waals surface area contributed by atoms with Crippen LogP contribution in [0.15, 0.2) is 24.4 Å². The van der Waals surface area contributed by atoms with Crippen molar-refractivity contribution in [1.82, 2.24) is 10.3 Å². The summed E-state index contributed by atoms with van der Waals surface area (Å²) in [6.45, 7) is 8.99. The van der Waals surface area contributed by atoms with Crippen LogP contribution in [0.5, 0.6) is 11.5 Å². The summed E-state index contributed by atoms with van der Waals surface area (Å²) in [5, 5.41) is 2.65. The molecule has 1 saturated heterocycles. The Morgan fingerprint density at radius 2 is 2.00 bits per heavy atom. The zero-order chi connectivity index (χ0) is 24.5. The molecule has 10 nitrogen and oxygen atoms in total. The summed E-state index contributed by atoms with van der Waals surface area (Å²) in [5.41, 5.74) is 0.691. The van der Waals surface area contributed by atoms with Crippen molar-refractivity contribution in [3.05, 3.63) is 30.1 Å². The zero-order valence-electron chi connectivity index (χ0n) is 19.7. The van der Waals surface area contributed by atoms with E-state index in [1.165, 1.54) is 33.4 Å². The lowest BCUT2D eigenvalue weighted by molar-refractivity contribution is -0.163. The highest BCUT2D eigenvalue weighted by atomic mass is 16.6. The van der Waals surface area contributed by atoms with Gasteiger partial charge in [0.1, 0.15) is 18.2 Å². The lowest BCUT2D eigenvalue weighted by Gasteiger charge is -2.30. The van der Waals surface area contributed by atoms with Crippen molar-refractivity contribution in [3.8, 4) is 11.5 Å². The first-order chi connectivity index (χ1) is 15.7. The van der Waals surface area contributed by atoms with E-state index in [0.717, 1.165) is 5.57 Å². The van der Waals surface area contributed by atoms with Crippen LogP contribution >= 0.6 is 0 Å². The molecule has 1 N–H and O–H groups in total. The lowest BCUT2D eigenvalue weighted by atomic mass is 10.0. The summed E-state index contributed by atoms with van der Waals surface area (Å²) >= 11 is 0. The first-order valence-corrected chi connectivity index (χ1v) is 10.7. The smallest absolute Gasteiger partial charge is 0.329 e. The first kappa shape index (κ1) is 26.3. The SMILES string of the molecule is C=C(C)COC1CCCC(NC(=O)c2nccc(OC)c2OC(C)=O)C(=O)OC(C)C1OC. The van der Waals surface area contributed by atoms with E-state index in [9.17, 15) is 14.4 Å². The second-order valence-electron chi connectivity index (χ2n) is 7.89. The van der Waals surface area contributed by atoms with Gasteiger partial charge in [0.2, 0.25) is 5.75 Å². The molecule has 10 heteroatoms. The summed E-state index contributed by atoms with van der Waals surface area (Å²) in [6, 6.07) is 0.525. The average molecular weight is 465 g/mol. The van der Waals surface area contributed by atoms with Crippen LogP contribution in [0, 0.1) is 0 Å². The summed E-state index contributed by atoms with van der Waals surface area (Å²) < 4.78 is 27.4. The molecule has 1 aromatic heterocycles. The molecule has 1 aliphatic heterocycles. The minimum Gasteiger partial charge on any atom is -0.493 e. The number of rotatable bonds is 8. The van der Waals surface area contributed by atoms with Gasteiger partial charge in [-0.15, -0.1) is 0 Å². The third-order valence-corrected chi connectivity index (χ3v) is 5.07. The third-order valence-electron chi connectivity index (χ3n) is 5.07. The molecule has 0 bridgehead atoms. The Bertz CT molecular complexity index is 872. The fourth-order valence-electron chi connectivity index (χ4n) is 3.56. The van der Waals surface area contributed by atoms with Crippen molar-refractivity contribution >= 4 is 17.8 Å². The molecule has 33 heavy (non-hydrogen) atoms. The number of hydrogen-bond acceptors (Lipinski definition) is 9. The highest BCUT2D eigenvalue weighted by molar-refractivity contribution is 5.98. The summed E-state index contributed by atoms with van der Waals surface area (Å²) in [4.78, 5) is 41.3. The molecule has 1 aliphatic rings. The van der Waals surface area contributed by atoms with E-state index in [1.54, 1.807) is 6.92 Å². The van der Waals surface area contributed by atoms with Crippen LogP contribution in [0.2, 0.25) is 0 Å². The topological polar surface area (TPSA) is 122 Å². The minimum absolute atomic E-state index is 0.123. The third kappa shape index (κ3) is 7.26. The fraction of sp³-hybridized carbons (Fsp3) is 0.565. The maximum atomic E-state index is 13.0. The van der Waals surface area contributed by atoms with Gasteiger partial charge in [0.25, 0.3) is 5.91 Å². The van der Waals surface area contributed by atoms with Gasteiger partial charge in [-0.3, -0.25) is 9.59 Å². The molecule has 182 valence electrons. The predicted octanol–water partition coefficient (Wildman–Crippen LogP) is 2.21. The van der Waals surface area contributed by atoms with Crippen LogP contribution in [0.25, 0.3) is 0 Å². The quantitative estimate of drug-likeness (QED) is 0.456. The Morgan fingerprint density at radius 3 is 2.61 bits per heavy atom. The number of amides is 1. The van der Waals surface area contributed by atoms with Crippen molar-refractivity contribution in [3.63, 3.8) is 0 Å². The Balaban J connectivity index is 2.21. The number of carbonyl (C=O) groups excluding carboxylic acids is 3. The number of cyclic esters (lactones) is 1. The molecule has 4 unspecified atom stereocenters. The van der Waals surface area contributed by atoms with E-state index < -0.39 is 36.1 Å². The molecule has 2 heterocycles. The van der Waals surface area contributed by atoms with Crippen LogP contribution in [-0.4, -0.2) is 68.0 Å². The molecular formula is C23H32N2O8. The highest BCUT2D eigenvalue weighted by Crippen LogP contribution is 2.30. The number of aromatic nitrogens is 1. The van der Waals surface area contributed by atoms with Crippen molar-refractivity contribution < 1.29 is 38.1 Å². The van der Waals surface area contributed by atoms with Gasteiger partial charge in [0.05, 0.1) is 19.8 Å². The maximum absolute atomic E-state index is 13.0. The van der Waals surface area contributed by atoms with Crippen molar-refractivity contribution in [2.45, 2.75) is 64.4 Å². The molecular weight excluding hydrogens is 432 g/mol. The number of ether oxygens (including phenoxy) is 5. The maximum Gasteiger partial charge on any atom is 0.329 e. The summed E-state index contributed by atoms with van der Waals surface area (Å²) in [5.74, 6) is -1.90. The van der Waals surface area contributed by atoms with Gasteiger partial charge < -0.3 is 29.0 Å². The number of pyridine rings is 1. The molecule has 0 aliphatic carbocycles. The minimum atomic E-state index is -0.935. The monoisotopic (exact) mass is 464 g/mol. The van der Waals surface area contributed by atoms with E-state index in [2.05, 4.69) is 16.9 Å². The molecule has 4 atom stereocenters. The van der Waals surface area contributed by atoms with Crippen molar-refractivity contribution in [2.24, 2.45) is 0 Å². The zero-order valence-corrected chi connectivity index (χ0v) is 19.7. The number of esters is 2. The van der Waals surface area contributed by atoms with Gasteiger partial charge in [-0.2, -0.15) is 0 Å². The normalized spacial score (nSPS) is 23.4. The van der Waals surface area contributed by atoms with Crippen LogP contribution < -0.4 is 14.8 Å². The lowest BCUT2D eigenvalue weighted by Crippen LogP contribution is -2.45. The molecule has 0 radical (unpaired) electrons. The molecule has 1 fully saturated rings. The van der Waals surface area contributed by atoms with E-state index in [1.807, 2.05) is 6.92 Å². The van der Waals surface area contributed by atoms with Crippen molar-refractivity contribution in [1.29, 1.82) is 0 Å². The van der Waals surface area contributed by atoms with Crippen LogP contribution in [0.1, 0.15) is 50.5 Å². The Labute approximate surface area is 193 Å². The molecule has 2 rings (SSSR count). The second kappa shape index (κ2) is 12.3. The van der Waals surface area contributed by atoms with Crippen LogP contribution in [0.3, 0.4) is 0 Å². The second-order valence-corrected chi connectivity index (χ2v) is 7.89. The van der Waals surface area contributed by atoms with Crippen LogP contribution in [-0.2, 0) is 23.8 Å². The first-order valence-electron chi connectivity index (χ1n) is 10.7. The Morgan fingerprint density at radius 1 is 1.27 bits per heavy atom. The van der Waals surface area contributed by atoms with Gasteiger partial charge in [-0.05, 0) is 33.1 Å². The fourth-order valence-corrected chi connectivity index (χ4v) is 3.56. The van der Waals surface area contributed by atoms with Crippen LogP contribution in [0.4, 0.5) is 0 Å². The molecule has 1 aromatic rings.